The van der Waals surface area contributed by atoms with Crippen LogP contribution >= 0.6 is 11.6 Å². The third-order valence-corrected chi connectivity index (χ3v) is 4.90. The van der Waals surface area contributed by atoms with Crippen LogP contribution in [0.15, 0.2) is 66.9 Å². The number of rotatable bonds is 10. The molecule has 0 aliphatic heterocycles. The van der Waals surface area contributed by atoms with Crippen molar-refractivity contribution in [2.75, 3.05) is 13.2 Å². The molecule has 2 atom stereocenters. The molecule has 162 valence electrons. The van der Waals surface area contributed by atoms with Gasteiger partial charge >= 0.3 is 5.97 Å². The number of ether oxygens (including phenoxy) is 1. The van der Waals surface area contributed by atoms with Gasteiger partial charge in [-0.1, -0.05) is 35.9 Å². The lowest BCUT2D eigenvalue weighted by Gasteiger charge is -2.19. The van der Waals surface area contributed by atoms with Gasteiger partial charge in [0.15, 0.2) is 0 Å². The Labute approximate surface area is 184 Å². The molecule has 0 saturated heterocycles. The third kappa shape index (κ3) is 6.77. The summed E-state index contributed by atoms with van der Waals surface area (Å²) in [5.41, 5.74) is 1.78. The molecule has 0 spiro atoms. The van der Waals surface area contributed by atoms with Crippen LogP contribution in [0, 0.1) is 0 Å². The largest absolute Gasteiger partial charge is 0.478 e. The molecule has 1 heterocycles. The molecule has 31 heavy (non-hydrogen) atoms. The number of carboxylic acid groups (broad SMARTS) is 1. The van der Waals surface area contributed by atoms with Gasteiger partial charge in [0.2, 0.25) is 5.88 Å². The number of carbonyl (C=O) groups is 1. The zero-order valence-corrected chi connectivity index (χ0v) is 17.4. The molecule has 0 unspecified atom stereocenters. The Hall–Kier alpha value is -2.97. The van der Waals surface area contributed by atoms with Crippen LogP contribution in [0.4, 0.5) is 0 Å². The van der Waals surface area contributed by atoms with E-state index >= 15 is 0 Å². The van der Waals surface area contributed by atoms with E-state index in [1.54, 1.807) is 36.4 Å². The number of halogens is 1. The standard InChI is InChI=1S/C23H23ClN2O5/c24-18-3-1-2-16(11-18)21(28)13-25-19(14-27)10-15-4-7-20(8-5-15)31-22-9-6-17(12-26-22)23(29)30/h1-9,11-12,19,21,25,27-28H,10,13-14H2,(H,29,30)/t19-,21+/m0/s1. The predicted molar refractivity (Wildman–Crippen MR) is 117 cm³/mol. The summed E-state index contributed by atoms with van der Waals surface area (Å²) < 4.78 is 5.62. The fourth-order valence-corrected chi connectivity index (χ4v) is 3.18. The number of aliphatic hydroxyl groups is 2. The van der Waals surface area contributed by atoms with Crippen molar-refractivity contribution in [2.45, 2.75) is 18.6 Å². The van der Waals surface area contributed by atoms with Crippen molar-refractivity contribution in [3.8, 4) is 11.6 Å². The molecule has 0 aliphatic rings. The SMILES string of the molecule is O=C(O)c1ccc(Oc2ccc(C[C@@H](CO)NC[C@@H](O)c3cccc(Cl)c3)cc2)nc1. The lowest BCUT2D eigenvalue weighted by atomic mass is 10.1. The van der Waals surface area contributed by atoms with Gasteiger partial charge in [-0.3, -0.25) is 0 Å². The number of aliphatic hydroxyl groups excluding tert-OH is 2. The average Bonchev–Trinajstić information content (AvgIpc) is 2.78. The normalized spacial score (nSPS) is 12.9. The van der Waals surface area contributed by atoms with Crippen molar-refractivity contribution >= 4 is 17.6 Å². The Morgan fingerprint density at radius 2 is 1.90 bits per heavy atom. The van der Waals surface area contributed by atoms with Gasteiger partial charge in [0, 0.05) is 29.9 Å². The van der Waals surface area contributed by atoms with Crippen LogP contribution in [0.2, 0.25) is 5.02 Å². The highest BCUT2D eigenvalue weighted by Crippen LogP contribution is 2.21. The first-order valence-corrected chi connectivity index (χ1v) is 10.1. The van der Waals surface area contributed by atoms with E-state index in [2.05, 4.69) is 10.3 Å². The third-order valence-electron chi connectivity index (χ3n) is 4.66. The summed E-state index contributed by atoms with van der Waals surface area (Å²) in [7, 11) is 0. The Morgan fingerprint density at radius 3 is 2.52 bits per heavy atom. The van der Waals surface area contributed by atoms with Gasteiger partial charge in [-0.2, -0.15) is 0 Å². The summed E-state index contributed by atoms with van der Waals surface area (Å²) in [6.45, 7) is 0.200. The van der Waals surface area contributed by atoms with E-state index in [-0.39, 0.29) is 24.8 Å². The van der Waals surface area contributed by atoms with Gasteiger partial charge < -0.3 is 25.4 Å². The second kappa shape index (κ2) is 10.9. The van der Waals surface area contributed by atoms with Crippen LogP contribution < -0.4 is 10.1 Å². The Morgan fingerprint density at radius 1 is 1.13 bits per heavy atom. The lowest BCUT2D eigenvalue weighted by Crippen LogP contribution is -2.37. The molecule has 0 saturated carbocycles. The van der Waals surface area contributed by atoms with Crippen LogP contribution in [0.1, 0.15) is 27.6 Å². The van der Waals surface area contributed by atoms with Crippen molar-refractivity contribution < 1.29 is 24.9 Å². The van der Waals surface area contributed by atoms with E-state index < -0.39 is 12.1 Å². The molecule has 3 rings (SSSR count). The van der Waals surface area contributed by atoms with Crippen LogP contribution in [0.25, 0.3) is 0 Å². The molecule has 0 radical (unpaired) electrons. The predicted octanol–water partition coefficient (Wildman–Crippen LogP) is 3.45. The van der Waals surface area contributed by atoms with Gasteiger partial charge in [-0.25, -0.2) is 9.78 Å². The minimum absolute atomic E-state index is 0.0830. The summed E-state index contributed by atoms with van der Waals surface area (Å²) in [4.78, 5) is 14.8. The number of nitrogens with one attached hydrogen (secondary N) is 1. The van der Waals surface area contributed by atoms with E-state index in [9.17, 15) is 15.0 Å². The smallest absolute Gasteiger partial charge is 0.337 e. The highest BCUT2D eigenvalue weighted by molar-refractivity contribution is 6.30. The van der Waals surface area contributed by atoms with Crippen molar-refractivity contribution in [2.24, 2.45) is 0 Å². The van der Waals surface area contributed by atoms with Crippen LogP contribution in [-0.2, 0) is 6.42 Å². The first-order valence-electron chi connectivity index (χ1n) is 9.68. The van der Waals surface area contributed by atoms with Crippen molar-refractivity contribution in [3.63, 3.8) is 0 Å². The van der Waals surface area contributed by atoms with Gasteiger partial charge in [-0.05, 0) is 47.9 Å². The summed E-state index contributed by atoms with van der Waals surface area (Å²) in [6, 6.07) is 17.0. The molecule has 0 fully saturated rings. The minimum Gasteiger partial charge on any atom is -0.478 e. The molecule has 1 aromatic heterocycles. The molecule has 0 bridgehead atoms. The van der Waals surface area contributed by atoms with Gasteiger partial charge in [-0.15, -0.1) is 0 Å². The maximum atomic E-state index is 10.9. The number of hydrogen-bond acceptors (Lipinski definition) is 6. The second-order valence-corrected chi connectivity index (χ2v) is 7.44. The molecule has 7 nitrogen and oxygen atoms in total. The zero-order chi connectivity index (χ0) is 22.2. The Kier molecular flexibility index (Phi) is 7.97. The number of nitrogens with zero attached hydrogens (tertiary/aromatic N) is 1. The second-order valence-electron chi connectivity index (χ2n) is 7.00. The number of hydrogen-bond donors (Lipinski definition) is 4. The van der Waals surface area contributed by atoms with E-state index in [4.69, 9.17) is 21.4 Å². The Bertz CT molecular complexity index is 996. The minimum atomic E-state index is -1.05. The molecule has 4 N–H and O–H groups in total. The highest BCUT2D eigenvalue weighted by atomic mass is 35.5. The zero-order valence-electron chi connectivity index (χ0n) is 16.6. The molecular formula is C23H23ClN2O5. The number of benzene rings is 2. The summed E-state index contributed by atoms with van der Waals surface area (Å²) in [6.07, 6.45) is 1.06. The summed E-state index contributed by atoms with van der Waals surface area (Å²) in [5.74, 6) is -0.192. The Balaban J connectivity index is 1.53. The average molecular weight is 443 g/mol. The first kappa shape index (κ1) is 22.7. The van der Waals surface area contributed by atoms with Crippen molar-refractivity contribution in [3.05, 3.63) is 88.6 Å². The lowest BCUT2D eigenvalue weighted by molar-refractivity contribution is 0.0696. The van der Waals surface area contributed by atoms with Gasteiger partial charge in [0.25, 0.3) is 0 Å². The number of aromatic nitrogens is 1. The molecule has 3 aromatic rings. The quantitative estimate of drug-likeness (QED) is 0.380. The van der Waals surface area contributed by atoms with E-state index in [1.807, 2.05) is 12.1 Å². The first-order chi connectivity index (χ1) is 14.9. The van der Waals surface area contributed by atoms with Crippen LogP contribution in [0.5, 0.6) is 11.6 Å². The van der Waals surface area contributed by atoms with E-state index in [0.717, 1.165) is 5.56 Å². The van der Waals surface area contributed by atoms with E-state index in [0.29, 0.717) is 28.6 Å². The topological polar surface area (TPSA) is 112 Å². The molecular weight excluding hydrogens is 420 g/mol. The number of aromatic carboxylic acids is 1. The van der Waals surface area contributed by atoms with E-state index in [1.165, 1.54) is 18.3 Å². The van der Waals surface area contributed by atoms with Crippen LogP contribution in [0.3, 0.4) is 0 Å². The monoisotopic (exact) mass is 442 g/mol. The van der Waals surface area contributed by atoms with Crippen molar-refractivity contribution in [1.82, 2.24) is 10.3 Å². The molecule has 8 heteroatoms. The maximum absolute atomic E-state index is 10.9. The molecule has 0 aliphatic carbocycles. The van der Waals surface area contributed by atoms with Crippen molar-refractivity contribution in [1.29, 1.82) is 0 Å². The summed E-state index contributed by atoms with van der Waals surface area (Å²) in [5, 5.41) is 32.6. The highest BCUT2D eigenvalue weighted by Gasteiger charge is 2.13. The maximum Gasteiger partial charge on any atom is 0.337 e. The number of pyridine rings is 1. The molecule has 2 aromatic carbocycles. The molecule has 0 amide bonds. The van der Waals surface area contributed by atoms with Crippen LogP contribution in [-0.4, -0.2) is 45.5 Å². The fourth-order valence-electron chi connectivity index (χ4n) is 2.98. The van der Waals surface area contributed by atoms with Gasteiger partial charge in [0.05, 0.1) is 18.3 Å². The number of carboxylic acids is 1. The van der Waals surface area contributed by atoms with Gasteiger partial charge in [0.1, 0.15) is 5.75 Å². The summed E-state index contributed by atoms with van der Waals surface area (Å²) >= 11 is 5.96. The fraction of sp³-hybridized carbons (Fsp3) is 0.217.